The van der Waals surface area contributed by atoms with Gasteiger partial charge >= 0.3 is 5.65 Å². The van der Waals surface area contributed by atoms with Crippen LogP contribution in [0.3, 0.4) is 0 Å². The van der Waals surface area contributed by atoms with Gasteiger partial charge in [0.05, 0.1) is 18.8 Å². The summed E-state index contributed by atoms with van der Waals surface area (Å²) in [6.07, 6.45) is 1.50. The number of carbonyl (C=O) groups is 3. The number of fused-ring (bicyclic) bond motifs is 2. The number of oxime groups is 1. The molecule has 0 unspecified atom stereocenters. The molecular weight excluding hydrogens is 526 g/mol. The van der Waals surface area contributed by atoms with Gasteiger partial charge in [-0.2, -0.15) is 0 Å². The standard InChI is InChI=1S/C20H19N9O6S2/c1-34-11-3-4-12-27(8-22-29(12)25-11)5-9-6-36-18-14(17(31)28(18)15(9)19(32)33)24-16(30)13(26-35-2)10-7-37-20(21)23-10/h3-4,7-8,14,18H,5-6H2,1-2H3,(H3-,21,23,24,30,32,33)/b26-13-/t14-,18-/m1/s1. The third-order valence-corrected chi connectivity index (χ3v) is 7.64. The zero-order valence-corrected chi connectivity index (χ0v) is 21.0. The number of ether oxygens (including phenoxy) is 1. The highest BCUT2D eigenvalue weighted by atomic mass is 32.2. The number of β-lactam (4-membered cyclic amide) rings is 1. The molecule has 0 aromatic carbocycles. The molecule has 37 heavy (non-hydrogen) atoms. The van der Waals surface area contributed by atoms with Gasteiger partial charge in [-0.15, -0.1) is 23.1 Å². The van der Waals surface area contributed by atoms with E-state index in [0.717, 1.165) is 16.2 Å². The van der Waals surface area contributed by atoms with E-state index in [1.165, 1.54) is 42.3 Å². The van der Waals surface area contributed by atoms with E-state index in [0.29, 0.717) is 17.1 Å². The molecule has 15 nitrogen and oxygen atoms in total. The van der Waals surface area contributed by atoms with Crippen molar-refractivity contribution in [3.63, 3.8) is 0 Å². The number of hydrogen-bond donors (Lipinski definition) is 2. The molecule has 0 aliphatic carbocycles. The molecule has 1 saturated heterocycles. The lowest BCUT2D eigenvalue weighted by Crippen LogP contribution is -2.71. The van der Waals surface area contributed by atoms with Crippen LogP contribution in [0.2, 0.25) is 0 Å². The number of carboxylic acids is 1. The highest BCUT2D eigenvalue weighted by Gasteiger charge is 2.53. The normalized spacial score (nSPS) is 19.5. The van der Waals surface area contributed by atoms with Crippen LogP contribution in [-0.4, -0.2) is 79.5 Å². The number of carbonyl (C=O) groups excluding carboxylic acids is 3. The summed E-state index contributed by atoms with van der Waals surface area (Å²) in [7, 11) is 2.75. The summed E-state index contributed by atoms with van der Waals surface area (Å²) >= 11 is 2.43. The Balaban J connectivity index is 1.37. The minimum absolute atomic E-state index is 0.136. The third-order valence-electron chi connectivity index (χ3n) is 5.63. The summed E-state index contributed by atoms with van der Waals surface area (Å²) in [6.45, 7) is 0.136. The minimum atomic E-state index is -1.49. The van der Waals surface area contributed by atoms with Crippen molar-refractivity contribution in [3.8, 4) is 5.88 Å². The van der Waals surface area contributed by atoms with Crippen LogP contribution < -0.4 is 25.5 Å². The Hall–Kier alpha value is -4.25. The van der Waals surface area contributed by atoms with Crippen LogP contribution in [0.5, 0.6) is 5.88 Å². The van der Waals surface area contributed by atoms with E-state index in [1.807, 2.05) is 0 Å². The van der Waals surface area contributed by atoms with Crippen molar-refractivity contribution in [2.45, 2.75) is 18.0 Å². The zero-order valence-electron chi connectivity index (χ0n) is 19.4. The first kappa shape index (κ1) is 24.4. The van der Waals surface area contributed by atoms with Crippen LogP contribution in [0, 0.1) is 0 Å². The number of aromatic nitrogens is 5. The molecule has 1 fully saturated rings. The van der Waals surface area contributed by atoms with Crippen molar-refractivity contribution in [3.05, 3.63) is 40.8 Å². The molecule has 0 saturated carbocycles. The number of nitrogens with zero attached hydrogens (tertiary/aromatic N) is 7. The van der Waals surface area contributed by atoms with Crippen molar-refractivity contribution < 1.29 is 33.7 Å². The molecule has 3 aromatic heterocycles. The smallest absolute Gasteiger partial charge is 0.332 e. The number of methoxy groups -OCH3 is 1. The maximum absolute atomic E-state index is 13.0. The topological polar surface area (TPSA) is 194 Å². The second-order valence-corrected chi connectivity index (χ2v) is 9.77. The Morgan fingerprint density at radius 2 is 2.19 bits per heavy atom. The molecular formula is C20H19N9O6S2. The summed E-state index contributed by atoms with van der Waals surface area (Å²) in [5.41, 5.74) is 6.49. The number of nitrogen functional groups attached to an aromatic ring is 1. The number of anilines is 1. The molecule has 5 heterocycles. The van der Waals surface area contributed by atoms with Crippen LogP contribution in [-0.2, 0) is 25.8 Å². The van der Waals surface area contributed by atoms with Gasteiger partial charge in [-0.1, -0.05) is 5.16 Å². The SMILES string of the molecule is CO/N=C(\C(=O)N[C@@H]1C(=O)N2C(C(=O)[O-])=C(Cn3cn[n+]4nc(OC)ccc34)CS[C@H]12)c1csc(N)n1. The average Bonchev–Trinajstić information content (AvgIpc) is 3.50. The first-order valence-corrected chi connectivity index (χ1v) is 12.5. The first-order chi connectivity index (χ1) is 17.8. The van der Waals surface area contributed by atoms with Crippen molar-refractivity contribution in [1.82, 2.24) is 30.0 Å². The lowest BCUT2D eigenvalue weighted by molar-refractivity contribution is -0.642. The van der Waals surface area contributed by atoms with Gasteiger partial charge < -0.3 is 30.5 Å². The van der Waals surface area contributed by atoms with E-state index < -0.39 is 29.2 Å². The van der Waals surface area contributed by atoms with Gasteiger partial charge in [0, 0.05) is 33.5 Å². The third kappa shape index (κ3) is 4.31. The van der Waals surface area contributed by atoms with E-state index in [2.05, 4.69) is 25.7 Å². The van der Waals surface area contributed by atoms with Crippen LogP contribution in [0.25, 0.3) is 5.65 Å². The fourth-order valence-corrected chi connectivity index (χ4v) is 5.87. The molecule has 5 rings (SSSR count). The number of rotatable bonds is 8. The second-order valence-electron chi connectivity index (χ2n) is 7.78. The van der Waals surface area contributed by atoms with Crippen LogP contribution in [0.15, 0.2) is 40.3 Å². The monoisotopic (exact) mass is 545 g/mol. The van der Waals surface area contributed by atoms with Crippen molar-refractivity contribution >= 4 is 57.4 Å². The molecule has 2 amide bonds. The van der Waals surface area contributed by atoms with E-state index in [1.54, 1.807) is 16.7 Å². The zero-order chi connectivity index (χ0) is 26.3. The van der Waals surface area contributed by atoms with Crippen molar-refractivity contribution in [1.29, 1.82) is 0 Å². The molecule has 0 bridgehead atoms. The number of carboxylic acid groups (broad SMARTS) is 1. The molecule has 2 aliphatic heterocycles. The number of nitrogens with one attached hydrogen (secondary N) is 1. The lowest BCUT2D eigenvalue weighted by atomic mass is 10.0. The number of hydrogen-bond acceptors (Lipinski definition) is 13. The number of thiazole rings is 1. The first-order valence-electron chi connectivity index (χ1n) is 10.6. The van der Waals surface area contributed by atoms with E-state index in [4.69, 9.17) is 15.3 Å². The van der Waals surface area contributed by atoms with E-state index in [9.17, 15) is 19.5 Å². The quantitative estimate of drug-likeness (QED) is 0.132. The Morgan fingerprint density at radius 1 is 1.38 bits per heavy atom. The molecule has 2 atom stereocenters. The van der Waals surface area contributed by atoms with Gasteiger partial charge in [-0.05, 0) is 10.2 Å². The van der Waals surface area contributed by atoms with Crippen LogP contribution in [0.4, 0.5) is 5.13 Å². The molecule has 0 radical (unpaired) electrons. The van der Waals surface area contributed by atoms with Gasteiger partial charge in [0.1, 0.15) is 30.8 Å². The summed E-state index contributed by atoms with van der Waals surface area (Å²) in [4.78, 5) is 47.9. The molecule has 3 aromatic rings. The fraction of sp³-hybridized carbons (Fsp3) is 0.300. The highest BCUT2D eigenvalue weighted by Crippen LogP contribution is 2.40. The molecule has 3 N–H and O–H groups in total. The van der Waals surface area contributed by atoms with E-state index in [-0.39, 0.29) is 34.5 Å². The number of aliphatic carboxylic acids is 1. The van der Waals surface area contributed by atoms with Gasteiger partial charge in [0.2, 0.25) is 6.33 Å². The van der Waals surface area contributed by atoms with Gasteiger partial charge in [-0.3, -0.25) is 14.5 Å². The summed E-state index contributed by atoms with van der Waals surface area (Å²) < 4.78 is 8.14. The van der Waals surface area contributed by atoms with Gasteiger partial charge in [-0.25, -0.2) is 9.55 Å². The van der Waals surface area contributed by atoms with Crippen LogP contribution >= 0.6 is 23.1 Å². The summed E-state index contributed by atoms with van der Waals surface area (Å²) in [6, 6.07) is 2.40. The van der Waals surface area contributed by atoms with Gasteiger partial charge in [0.25, 0.3) is 17.7 Å². The Bertz CT molecular complexity index is 1480. The fourth-order valence-electron chi connectivity index (χ4n) is 3.99. The minimum Gasteiger partial charge on any atom is -0.543 e. The number of thioether (sulfide) groups is 1. The molecule has 17 heteroatoms. The maximum atomic E-state index is 13.0. The molecule has 0 spiro atoms. The Morgan fingerprint density at radius 3 is 2.86 bits per heavy atom. The predicted molar refractivity (Wildman–Crippen MR) is 127 cm³/mol. The summed E-state index contributed by atoms with van der Waals surface area (Å²) in [5, 5.41) is 27.9. The second kappa shape index (κ2) is 9.66. The van der Waals surface area contributed by atoms with Crippen molar-refractivity contribution in [2.24, 2.45) is 5.16 Å². The van der Waals surface area contributed by atoms with Gasteiger partial charge in [0.15, 0.2) is 10.8 Å². The highest BCUT2D eigenvalue weighted by molar-refractivity contribution is 8.00. The Kier molecular flexibility index (Phi) is 6.38. The molecule has 2 aliphatic rings. The van der Waals surface area contributed by atoms with E-state index >= 15 is 0 Å². The molecule has 192 valence electrons. The average molecular weight is 546 g/mol. The lowest BCUT2D eigenvalue weighted by Gasteiger charge is -2.50. The maximum Gasteiger partial charge on any atom is 0.332 e. The summed E-state index contributed by atoms with van der Waals surface area (Å²) in [5.74, 6) is -2.15. The Labute approximate surface area is 216 Å². The predicted octanol–water partition coefficient (Wildman–Crippen LogP) is -2.48. The number of nitrogens with two attached hydrogens (primary N) is 1. The van der Waals surface area contributed by atoms with Crippen LogP contribution in [0.1, 0.15) is 5.69 Å². The van der Waals surface area contributed by atoms with Crippen molar-refractivity contribution in [2.75, 3.05) is 25.7 Å². The number of amides is 2. The largest absolute Gasteiger partial charge is 0.543 e.